The first-order chi connectivity index (χ1) is 9.52. The Labute approximate surface area is 119 Å². The summed E-state index contributed by atoms with van der Waals surface area (Å²) in [5.74, 6) is 0. The predicted molar refractivity (Wildman–Crippen MR) is 81.5 cm³/mol. The van der Waals surface area contributed by atoms with Gasteiger partial charge in [-0.1, -0.05) is 6.92 Å². The summed E-state index contributed by atoms with van der Waals surface area (Å²) in [4.78, 5) is 10.5. The highest BCUT2D eigenvalue weighted by Gasteiger charge is 2.09. The van der Waals surface area contributed by atoms with E-state index >= 15 is 0 Å². The van der Waals surface area contributed by atoms with Crippen LogP contribution in [0.15, 0.2) is 18.2 Å². The third-order valence-electron chi connectivity index (χ3n) is 2.59. The summed E-state index contributed by atoms with van der Waals surface area (Å²) in [6.45, 7) is 7.97. The van der Waals surface area contributed by atoms with Gasteiger partial charge in [0.1, 0.15) is 0 Å². The Kier molecular flexibility index (Phi) is 6.79. The number of nitrogens with one attached hydrogen (secondary N) is 2. The smallest absolute Gasteiger partial charge is 0.273 e. The van der Waals surface area contributed by atoms with Gasteiger partial charge in [0.25, 0.3) is 5.69 Å². The van der Waals surface area contributed by atoms with Gasteiger partial charge in [0.05, 0.1) is 17.6 Å². The van der Waals surface area contributed by atoms with Crippen LogP contribution in [0, 0.1) is 10.1 Å². The van der Waals surface area contributed by atoms with Gasteiger partial charge in [0.15, 0.2) is 0 Å². The SMILES string of the molecule is CCCNc1cc(NCCOC(C)C)cc([N+](=O)[O-])c1. The molecule has 0 aromatic heterocycles. The fraction of sp³-hybridized carbons (Fsp3) is 0.571. The van der Waals surface area contributed by atoms with Gasteiger partial charge in [-0.2, -0.15) is 0 Å². The molecule has 0 aliphatic rings. The maximum absolute atomic E-state index is 10.9. The fourth-order valence-electron chi connectivity index (χ4n) is 1.68. The molecule has 112 valence electrons. The van der Waals surface area contributed by atoms with Gasteiger partial charge in [-0.05, 0) is 26.3 Å². The second-order valence-corrected chi connectivity index (χ2v) is 4.80. The van der Waals surface area contributed by atoms with Gasteiger partial charge >= 0.3 is 0 Å². The number of nitrogens with zero attached hydrogens (tertiary/aromatic N) is 1. The van der Waals surface area contributed by atoms with Gasteiger partial charge in [0, 0.05) is 36.6 Å². The second-order valence-electron chi connectivity index (χ2n) is 4.80. The number of nitro groups is 1. The number of ether oxygens (including phenoxy) is 1. The maximum Gasteiger partial charge on any atom is 0.273 e. The summed E-state index contributed by atoms with van der Waals surface area (Å²) in [5.41, 5.74) is 1.57. The molecule has 0 amide bonds. The first-order valence-electron chi connectivity index (χ1n) is 6.91. The minimum Gasteiger partial charge on any atom is -0.385 e. The Bertz CT molecular complexity index is 436. The highest BCUT2D eigenvalue weighted by Crippen LogP contribution is 2.24. The van der Waals surface area contributed by atoms with Crippen molar-refractivity contribution in [2.24, 2.45) is 0 Å². The number of hydrogen-bond donors (Lipinski definition) is 2. The highest BCUT2D eigenvalue weighted by molar-refractivity contribution is 5.63. The molecule has 0 heterocycles. The van der Waals surface area contributed by atoms with Crippen molar-refractivity contribution < 1.29 is 9.66 Å². The Morgan fingerprint density at radius 1 is 1.20 bits per heavy atom. The van der Waals surface area contributed by atoms with Gasteiger partial charge < -0.3 is 15.4 Å². The van der Waals surface area contributed by atoms with E-state index in [0.29, 0.717) is 13.2 Å². The molecule has 6 nitrogen and oxygen atoms in total. The van der Waals surface area contributed by atoms with Crippen molar-refractivity contribution in [3.8, 4) is 0 Å². The molecule has 1 aromatic rings. The van der Waals surface area contributed by atoms with E-state index in [1.165, 1.54) is 6.07 Å². The summed E-state index contributed by atoms with van der Waals surface area (Å²) in [5, 5.41) is 17.2. The predicted octanol–water partition coefficient (Wildman–Crippen LogP) is 3.25. The van der Waals surface area contributed by atoms with E-state index in [9.17, 15) is 10.1 Å². The number of benzene rings is 1. The van der Waals surface area contributed by atoms with Crippen molar-refractivity contribution in [2.45, 2.75) is 33.3 Å². The van der Waals surface area contributed by atoms with Gasteiger partial charge in [-0.25, -0.2) is 0 Å². The van der Waals surface area contributed by atoms with E-state index in [1.807, 2.05) is 26.8 Å². The topological polar surface area (TPSA) is 76.4 Å². The normalized spacial score (nSPS) is 10.6. The molecule has 0 bridgehead atoms. The zero-order valence-corrected chi connectivity index (χ0v) is 12.3. The lowest BCUT2D eigenvalue weighted by atomic mass is 10.2. The van der Waals surface area contributed by atoms with Crippen molar-refractivity contribution >= 4 is 17.1 Å². The molecule has 0 aliphatic heterocycles. The first kappa shape index (κ1) is 16.2. The molecule has 0 atom stereocenters. The molecule has 6 heteroatoms. The number of rotatable bonds is 9. The quantitative estimate of drug-likeness (QED) is 0.413. The van der Waals surface area contributed by atoms with E-state index in [-0.39, 0.29) is 16.7 Å². The summed E-state index contributed by atoms with van der Waals surface area (Å²) in [6.07, 6.45) is 1.15. The zero-order chi connectivity index (χ0) is 15.0. The Morgan fingerprint density at radius 2 is 1.80 bits per heavy atom. The number of anilines is 2. The van der Waals surface area contributed by atoms with Crippen LogP contribution in [0.4, 0.5) is 17.1 Å². The lowest BCUT2D eigenvalue weighted by Gasteiger charge is -2.11. The van der Waals surface area contributed by atoms with E-state index in [1.54, 1.807) is 6.07 Å². The summed E-state index contributed by atoms with van der Waals surface area (Å²) < 4.78 is 5.42. The lowest BCUT2D eigenvalue weighted by molar-refractivity contribution is -0.384. The third kappa shape index (κ3) is 5.88. The average molecular weight is 281 g/mol. The van der Waals surface area contributed by atoms with Crippen LogP contribution in [0.3, 0.4) is 0 Å². The molecular weight excluding hydrogens is 258 g/mol. The van der Waals surface area contributed by atoms with Crippen molar-refractivity contribution in [1.82, 2.24) is 0 Å². The van der Waals surface area contributed by atoms with Crippen LogP contribution in [-0.4, -0.2) is 30.7 Å². The average Bonchev–Trinajstić information content (AvgIpc) is 2.41. The van der Waals surface area contributed by atoms with Crippen molar-refractivity contribution in [2.75, 3.05) is 30.3 Å². The fourth-order valence-corrected chi connectivity index (χ4v) is 1.68. The number of non-ortho nitro benzene ring substituents is 1. The highest BCUT2D eigenvalue weighted by atomic mass is 16.6. The van der Waals surface area contributed by atoms with Gasteiger partial charge in [-0.15, -0.1) is 0 Å². The molecule has 20 heavy (non-hydrogen) atoms. The number of nitro benzene ring substituents is 1. The molecule has 0 unspecified atom stereocenters. The molecule has 1 aromatic carbocycles. The standard InChI is InChI=1S/C14H23N3O3/c1-4-5-15-12-8-13(10-14(9-12)17(18)19)16-6-7-20-11(2)3/h8-11,15-16H,4-7H2,1-3H3. The molecule has 0 aliphatic carbocycles. The van der Waals surface area contributed by atoms with Crippen LogP contribution < -0.4 is 10.6 Å². The van der Waals surface area contributed by atoms with Crippen molar-refractivity contribution in [3.63, 3.8) is 0 Å². The summed E-state index contributed by atoms with van der Waals surface area (Å²) in [6, 6.07) is 4.95. The van der Waals surface area contributed by atoms with Gasteiger partial charge in [0.2, 0.25) is 0 Å². The Morgan fingerprint density at radius 3 is 2.30 bits per heavy atom. The molecule has 0 spiro atoms. The van der Waals surface area contributed by atoms with Crippen LogP contribution in [0.25, 0.3) is 0 Å². The molecule has 0 saturated heterocycles. The van der Waals surface area contributed by atoms with E-state index in [0.717, 1.165) is 24.3 Å². The zero-order valence-electron chi connectivity index (χ0n) is 12.3. The molecule has 0 saturated carbocycles. The van der Waals surface area contributed by atoms with E-state index in [4.69, 9.17) is 4.74 Å². The van der Waals surface area contributed by atoms with Gasteiger partial charge in [-0.3, -0.25) is 10.1 Å². The molecule has 1 rings (SSSR count). The van der Waals surface area contributed by atoms with Crippen LogP contribution >= 0.6 is 0 Å². The maximum atomic E-state index is 10.9. The van der Waals surface area contributed by atoms with Crippen molar-refractivity contribution in [3.05, 3.63) is 28.3 Å². The minimum atomic E-state index is -0.382. The largest absolute Gasteiger partial charge is 0.385 e. The Hall–Kier alpha value is -1.82. The molecule has 2 N–H and O–H groups in total. The second kappa shape index (κ2) is 8.37. The van der Waals surface area contributed by atoms with E-state index < -0.39 is 0 Å². The molecule has 0 radical (unpaired) electrons. The third-order valence-corrected chi connectivity index (χ3v) is 2.59. The van der Waals surface area contributed by atoms with Crippen LogP contribution in [0.2, 0.25) is 0 Å². The molecular formula is C14H23N3O3. The summed E-state index contributed by atoms with van der Waals surface area (Å²) >= 11 is 0. The van der Waals surface area contributed by atoms with Crippen LogP contribution in [-0.2, 0) is 4.74 Å². The van der Waals surface area contributed by atoms with Crippen LogP contribution in [0.1, 0.15) is 27.2 Å². The summed E-state index contributed by atoms with van der Waals surface area (Å²) in [7, 11) is 0. The van der Waals surface area contributed by atoms with Crippen molar-refractivity contribution in [1.29, 1.82) is 0 Å². The lowest BCUT2D eigenvalue weighted by Crippen LogP contribution is -2.13. The minimum absolute atomic E-state index is 0.0818. The first-order valence-corrected chi connectivity index (χ1v) is 6.91. The monoisotopic (exact) mass is 281 g/mol. The van der Waals surface area contributed by atoms with Crippen LogP contribution in [0.5, 0.6) is 0 Å². The number of hydrogen-bond acceptors (Lipinski definition) is 5. The van der Waals surface area contributed by atoms with E-state index in [2.05, 4.69) is 10.6 Å². The Balaban J connectivity index is 2.67. The molecule has 0 fully saturated rings.